The molecule has 0 saturated carbocycles. The Labute approximate surface area is 320 Å². The number of hydrogen-bond acceptors (Lipinski definition) is 19. The van der Waals surface area contributed by atoms with Crippen molar-refractivity contribution in [2.45, 2.75) is 55.5 Å². The number of ether oxygens (including phenoxy) is 2. The second kappa shape index (κ2) is 19.2. The first kappa shape index (κ1) is 48.0. The third-order valence-electron chi connectivity index (χ3n) is 6.86. The summed E-state index contributed by atoms with van der Waals surface area (Å²) >= 11 is 0. The Kier molecular flexibility index (Phi) is 18.8. The molecule has 0 radical (unpaired) electrons. The monoisotopic (exact) mass is 763 g/mol. The van der Waals surface area contributed by atoms with E-state index in [1.165, 1.54) is 28.2 Å². The zero-order valence-corrected chi connectivity index (χ0v) is 31.6. The number of imidazole rings is 1. The molecule has 49 heavy (non-hydrogen) atoms. The second-order valence-electron chi connectivity index (χ2n) is 9.80. The number of nitrogens with two attached hydrogens (primary N) is 2. The minimum absolute atomic E-state index is 0. The Morgan fingerprint density at radius 1 is 0.918 bits per heavy atom. The maximum atomic E-state index is 12.3. The molecule has 1 amide bonds. The normalized spacial score (nSPS) is 29.9. The number of fused-ring (bicyclic) bond motifs is 1. The van der Waals surface area contributed by atoms with Gasteiger partial charge in [-0.05, 0) is 6.42 Å². The van der Waals surface area contributed by atoms with Crippen molar-refractivity contribution in [1.29, 1.82) is 0 Å². The Morgan fingerprint density at radius 2 is 1.45 bits per heavy atom. The number of nitrogen functional groups attached to an aromatic ring is 1. The van der Waals surface area contributed by atoms with Gasteiger partial charge in [-0.1, -0.05) is 6.08 Å². The van der Waals surface area contributed by atoms with E-state index in [4.69, 9.17) is 20.9 Å². The van der Waals surface area contributed by atoms with Crippen LogP contribution in [0.3, 0.4) is 0 Å². The smallest absolute Gasteiger partial charge is 0.756 e. The van der Waals surface area contributed by atoms with Crippen molar-refractivity contribution in [1.82, 2.24) is 24.4 Å². The molecule has 5 heterocycles. The van der Waals surface area contributed by atoms with E-state index in [2.05, 4.69) is 28.3 Å². The van der Waals surface area contributed by atoms with E-state index in [1.807, 2.05) is 0 Å². The van der Waals surface area contributed by atoms with Crippen LogP contribution < -0.4 is 80.4 Å². The van der Waals surface area contributed by atoms with E-state index in [-0.39, 0.29) is 105 Å². The SMILES string of the molecule is NC(=O)C1=CN([C@@H]2O[C@H](COP(=O)([O-])OP(=O)([O-])OC[C@H]3O[C@@H](n4cnc5c(N)ncnc54)[C@H](O)[C@@H]3O)[C@@H](O)[C@H]2O)C=CC1.O.O.O.[Na+].[Na+]. The molecule has 2 unspecified atom stereocenters. The van der Waals surface area contributed by atoms with Gasteiger partial charge in [-0.2, -0.15) is 0 Å². The van der Waals surface area contributed by atoms with Crippen LogP contribution >= 0.6 is 15.6 Å². The minimum atomic E-state index is -5.68. The third-order valence-corrected chi connectivity index (χ3v) is 9.39. The molecule has 0 spiro atoms. The fraction of sp³-hybridized carbons (Fsp3) is 0.524. The van der Waals surface area contributed by atoms with Crippen LogP contribution in [0.15, 0.2) is 36.7 Å². The molecule has 14 N–H and O–H groups in total. The summed E-state index contributed by atoms with van der Waals surface area (Å²) in [5, 5.41) is 41.5. The van der Waals surface area contributed by atoms with Gasteiger partial charge in [0.15, 0.2) is 23.9 Å². The number of carbonyl (C=O) groups is 1. The van der Waals surface area contributed by atoms with Crippen LogP contribution in [0.5, 0.6) is 0 Å². The van der Waals surface area contributed by atoms with Crippen molar-refractivity contribution in [2.75, 3.05) is 18.9 Å². The first-order valence-electron chi connectivity index (χ1n) is 12.7. The van der Waals surface area contributed by atoms with Gasteiger partial charge in [0, 0.05) is 18.0 Å². The summed E-state index contributed by atoms with van der Waals surface area (Å²) in [4.78, 5) is 49.0. The van der Waals surface area contributed by atoms with E-state index in [0.717, 1.165) is 6.33 Å². The summed E-state index contributed by atoms with van der Waals surface area (Å²) in [6.45, 7) is -1.97. The molecule has 2 saturated heterocycles. The van der Waals surface area contributed by atoms with Crippen molar-refractivity contribution < 1.29 is 143 Å². The Balaban J connectivity index is 0.00000461. The number of rotatable bonds is 11. The number of anilines is 1. The van der Waals surface area contributed by atoms with Crippen molar-refractivity contribution in [3.05, 3.63) is 36.7 Å². The molecule has 28 heteroatoms. The summed E-state index contributed by atoms with van der Waals surface area (Å²) < 4.78 is 49.9. The topological polar surface area (TPSA) is 418 Å². The quantitative estimate of drug-likeness (QED) is 0.0913. The molecule has 3 aliphatic rings. The first-order valence-corrected chi connectivity index (χ1v) is 15.6. The van der Waals surface area contributed by atoms with E-state index < -0.39 is 83.8 Å². The number of carbonyl (C=O) groups excluding carboxylic acids is 1. The van der Waals surface area contributed by atoms with Crippen molar-refractivity contribution in [2.24, 2.45) is 5.73 Å². The maximum absolute atomic E-state index is 12.3. The molecule has 10 atom stereocenters. The van der Waals surface area contributed by atoms with Crippen LogP contribution in [0.4, 0.5) is 5.82 Å². The summed E-state index contributed by atoms with van der Waals surface area (Å²) in [6, 6.07) is 0. The fourth-order valence-electron chi connectivity index (χ4n) is 4.66. The maximum Gasteiger partial charge on any atom is 1.00 e. The van der Waals surface area contributed by atoms with Gasteiger partial charge in [0.25, 0.3) is 15.6 Å². The number of aliphatic hydroxyl groups excluding tert-OH is 4. The average Bonchev–Trinajstić information content (AvgIpc) is 3.61. The summed E-state index contributed by atoms with van der Waals surface area (Å²) in [6.07, 6.45) is -5.32. The Hall–Kier alpha value is -1.00. The van der Waals surface area contributed by atoms with Gasteiger partial charge in [-0.3, -0.25) is 18.5 Å². The molecule has 5 rings (SSSR count). The number of phosphoric acid groups is 2. The summed E-state index contributed by atoms with van der Waals surface area (Å²) in [5.41, 5.74) is 11.5. The predicted molar refractivity (Wildman–Crippen MR) is 148 cm³/mol. The number of aliphatic hydroxyl groups is 4. The van der Waals surface area contributed by atoms with Crippen LogP contribution in [0.1, 0.15) is 12.6 Å². The van der Waals surface area contributed by atoms with Crippen LogP contribution in [-0.2, 0) is 36.8 Å². The summed E-state index contributed by atoms with van der Waals surface area (Å²) in [7, 11) is -11.4. The summed E-state index contributed by atoms with van der Waals surface area (Å²) in [5.74, 6) is -0.686. The number of amides is 1. The molecule has 2 fully saturated rings. The van der Waals surface area contributed by atoms with Gasteiger partial charge >= 0.3 is 59.1 Å². The van der Waals surface area contributed by atoms with Gasteiger partial charge in [-0.25, -0.2) is 19.3 Å². The molecule has 0 aromatic carbocycles. The van der Waals surface area contributed by atoms with Crippen LogP contribution in [-0.4, -0.2) is 123 Å². The molecule has 24 nitrogen and oxygen atoms in total. The van der Waals surface area contributed by atoms with E-state index in [0.29, 0.717) is 0 Å². The molecule has 2 aromatic heterocycles. The Morgan fingerprint density at radius 3 is 2.00 bits per heavy atom. The van der Waals surface area contributed by atoms with Gasteiger partial charge in [-0.15, -0.1) is 0 Å². The second-order valence-corrected chi connectivity index (χ2v) is 12.8. The largest absolute Gasteiger partial charge is 1.00 e. The molecule has 2 aromatic rings. The van der Waals surface area contributed by atoms with Gasteiger partial charge in [0.05, 0.1) is 19.5 Å². The fourth-order valence-corrected chi connectivity index (χ4v) is 6.68. The average molecular weight is 763 g/mol. The number of allylic oxidation sites excluding steroid dienone is 1. The van der Waals surface area contributed by atoms with Crippen molar-refractivity contribution in [3.8, 4) is 0 Å². The number of aromatic nitrogens is 4. The Bertz CT molecular complexity index is 1570. The standard InChI is InChI=1S/C21H29N7O14P2.2Na.3H2O/c22-17-12-19(25-7-24-17)28(8-26-12)21-16(32)14(30)11(41-21)6-39-44(36,37)42-43(34,35)38-5-10-13(29)15(31)20(40-10)27-3-1-2-9(4-27)18(23)33;;;;;/h1,3-4,7-8,10-11,13-16,20-21,29-32H,2,5-6H2,(H2,23,33)(H,34,35)(H,36,37)(H2,22,24,25);;;3*1H2/q;2*+1;;;/p-2/t10-,11-,13-,14-,15-,16-,20-,21-;;;;;/m1...../s1. The van der Waals surface area contributed by atoms with Gasteiger partial charge < -0.3 is 81.5 Å². The third kappa shape index (κ3) is 10.8. The van der Waals surface area contributed by atoms with Crippen molar-refractivity contribution >= 4 is 38.5 Å². The zero-order chi connectivity index (χ0) is 32.0. The van der Waals surface area contributed by atoms with Crippen LogP contribution in [0.25, 0.3) is 11.2 Å². The van der Waals surface area contributed by atoms with Crippen molar-refractivity contribution in [3.63, 3.8) is 0 Å². The minimum Gasteiger partial charge on any atom is -0.756 e. The van der Waals surface area contributed by atoms with E-state index in [1.54, 1.807) is 6.08 Å². The zero-order valence-electron chi connectivity index (χ0n) is 25.8. The van der Waals surface area contributed by atoms with Gasteiger partial charge in [0.2, 0.25) is 5.91 Å². The number of primary amides is 1. The molecular weight excluding hydrogens is 730 g/mol. The van der Waals surface area contributed by atoms with E-state index >= 15 is 0 Å². The molecule has 3 aliphatic heterocycles. The van der Waals surface area contributed by atoms with Crippen LogP contribution in [0.2, 0.25) is 0 Å². The number of phosphoric ester groups is 2. The number of nitrogens with zero attached hydrogens (tertiary/aromatic N) is 5. The van der Waals surface area contributed by atoms with E-state index in [9.17, 15) is 44.1 Å². The van der Waals surface area contributed by atoms with Gasteiger partial charge in [0.1, 0.15) is 48.5 Å². The predicted octanol–water partition coefficient (Wildman–Crippen LogP) is -12.4. The molecule has 266 valence electrons. The molecular formula is C21H33N7Na2O17P2. The van der Waals surface area contributed by atoms with Crippen LogP contribution in [0, 0.1) is 0 Å². The molecule has 0 aliphatic carbocycles. The molecule has 0 bridgehead atoms. The first-order chi connectivity index (χ1) is 20.7. The number of hydrogen-bond donors (Lipinski definition) is 6.